The van der Waals surface area contributed by atoms with Crippen LogP contribution < -0.4 is 10.2 Å². The molecule has 1 N–H and O–H groups in total. The lowest BCUT2D eigenvalue weighted by Gasteiger charge is -2.27. The van der Waals surface area contributed by atoms with Gasteiger partial charge >= 0.3 is 0 Å². The van der Waals surface area contributed by atoms with Crippen LogP contribution in [0.5, 0.6) is 0 Å². The van der Waals surface area contributed by atoms with Crippen LogP contribution in [0.25, 0.3) is 0 Å². The van der Waals surface area contributed by atoms with Gasteiger partial charge in [-0.1, -0.05) is 18.2 Å². The van der Waals surface area contributed by atoms with Crippen molar-refractivity contribution in [2.24, 2.45) is 0 Å². The normalized spacial score (nSPS) is 15.6. The van der Waals surface area contributed by atoms with E-state index in [0.717, 1.165) is 39.3 Å². The molecule has 2 rings (SSSR count). The lowest BCUT2D eigenvalue weighted by Crippen LogP contribution is -2.39. The van der Waals surface area contributed by atoms with Crippen LogP contribution in [0.3, 0.4) is 0 Å². The first kappa shape index (κ1) is 14.4. The molecule has 1 heterocycles. The van der Waals surface area contributed by atoms with Crippen LogP contribution in [0.4, 0.5) is 5.69 Å². The molecule has 0 saturated carbocycles. The molecule has 0 spiro atoms. The number of para-hydroxylation sites is 1. The molecule has 0 saturated heterocycles. The third kappa shape index (κ3) is 3.95. The van der Waals surface area contributed by atoms with Crippen molar-refractivity contribution in [3.8, 4) is 0 Å². The van der Waals surface area contributed by atoms with E-state index < -0.39 is 0 Å². The number of rotatable bonds is 8. The van der Waals surface area contributed by atoms with E-state index in [1.54, 1.807) is 0 Å². The maximum Gasteiger partial charge on any atom is 0.0477 e. The first-order valence-electron chi connectivity index (χ1n) is 7.46. The highest BCUT2D eigenvalue weighted by atomic mass is 16.5. The number of fused-ring (bicyclic) bond motifs is 1. The second kappa shape index (κ2) is 7.51. The monoisotopic (exact) mass is 262 g/mol. The molecular weight excluding hydrogens is 236 g/mol. The maximum absolute atomic E-state index is 5.34. The molecule has 19 heavy (non-hydrogen) atoms. The van der Waals surface area contributed by atoms with Gasteiger partial charge in [-0.25, -0.2) is 0 Å². The molecule has 0 aromatic heterocycles. The van der Waals surface area contributed by atoms with Crippen molar-refractivity contribution in [2.75, 3.05) is 37.7 Å². The number of anilines is 1. The standard InChI is InChI=1S/C16H26N2O/c1-3-19-12-6-10-17-13-14(2)18-11-9-15-7-4-5-8-16(15)18/h4-5,7-8,14,17H,3,6,9-13H2,1-2H3. The Kier molecular flexibility index (Phi) is 5.67. The van der Waals surface area contributed by atoms with Crippen molar-refractivity contribution in [3.05, 3.63) is 29.8 Å². The maximum atomic E-state index is 5.34. The van der Waals surface area contributed by atoms with E-state index in [9.17, 15) is 0 Å². The van der Waals surface area contributed by atoms with Gasteiger partial charge in [-0.05, 0) is 44.9 Å². The molecule has 0 fully saturated rings. The van der Waals surface area contributed by atoms with Gasteiger partial charge in [0.15, 0.2) is 0 Å². The predicted octanol–water partition coefficient (Wildman–Crippen LogP) is 2.45. The fourth-order valence-electron chi connectivity index (χ4n) is 2.69. The molecule has 1 atom stereocenters. The summed E-state index contributed by atoms with van der Waals surface area (Å²) in [5.74, 6) is 0. The van der Waals surface area contributed by atoms with E-state index in [0.29, 0.717) is 6.04 Å². The van der Waals surface area contributed by atoms with Crippen LogP contribution in [0, 0.1) is 0 Å². The van der Waals surface area contributed by atoms with Gasteiger partial charge in [0, 0.05) is 38.0 Å². The zero-order valence-corrected chi connectivity index (χ0v) is 12.2. The van der Waals surface area contributed by atoms with Crippen molar-refractivity contribution < 1.29 is 4.74 Å². The molecule has 1 unspecified atom stereocenters. The molecule has 0 amide bonds. The average Bonchev–Trinajstić information content (AvgIpc) is 2.86. The molecule has 1 aromatic carbocycles. The summed E-state index contributed by atoms with van der Waals surface area (Å²) in [7, 11) is 0. The minimum Gasteiger partial charge on any atom is -0.382 e. The quantitative estimate of drug-likeness (QED) is 0.728. The largest absolute Gasteiger partial charge is 0.382 e. The Morgan fingerprint density at radius 3 is 3.05 bits per heavy atom. The molecular formula is C16H26N2O. The molecule has 106 valence electrons. The highest BCUT2D eigenvalue weighted by Gasteiger charge is 2.22. The van der Waals surface area contributed by atoms with Gasteiger partial charge in [0.1, 0.15) is 0 Å². The molecule has 1 aliphatic heterocycles. The van der Waals surface area contributed by atoms with Crippen LogP contribution in [-0.4, -0.2) is 38.9 Å². The Balaban J connectivity index is 1.71. The lowest BCUT2D eigenvalue weighted by atomic mass is 10.2. The van der Waals surface area contributed by atoms with Gasteiger partial charge in [0.2, 0.25) is 0 Å². The molecule has 3 nitrogen and oxygen atoms in total. The summed E-state index contributed by atoms with van der Waals surface area (Å²) in [5, 5.41) is 3.53. The van der Waals surface area contributed by atoms with E-state index in [-0.39, 0.29) is 0 Å². The third-order valence-corrected chi connectivity index (χ3v) is 3.74. The molecule has 1 aromatic rings. The third-order valence-electron chi connectivity index (χ3n) is 3.74. The minimum atomic E-state index is 0.552. The van der Waals surface area contributed by atoms with Gasteiger partial charge in [-0.15, -0.1) is 0 Å². The zero-order valence-electron chi connectivity index (χ0n) is 12.2. The number of ether oxygens (including phenoxy) is 1. The molecule has 0 bridgehead atoms. The second-order valence-corrected chi connectivity index (χ2v) is 5.18. The fourth-order valence-corrected chi connectivity index (χ4v) is 2.69. The first-order chi connectivity index (χ1) is 9.33. The lowest BCUT2D eigenvalue weighted by molar-refractivity contribution is 0.144. The molecule has 0 aliphatic carbocycles. The molecule has 1 aliphatic rings. The molecule has 3 heteroatoms. The van der Waals surface area contributed by atoms with Gasteiger partial charge < -0.3 is 15.0 Å². The Bertz CT molecular complexity index is 381. The zero-order chi connectivity index (χ0) is 13.5. The van der Waals surface area contributed by atoms with Crippen molar-refractivity contribution in [1.82, 2.24) is 5.32 Å². The van der Waals surface area contributed by atoms with Gasteiger partial charge in [-0.2, -0.15) is 0 Å². The smallest absolute Gasteiger partial charge is 0.0477 e. The Morgan fingerprint density at radius 2 is 2.21 bits per heavy atom. The van der Waals surface area contributed by atoms with Crippen LogP contribution in [0.15, 0.2) is 24.3 Å². The highest BCUT2D eigenvalue weighted by molar-refractivity contribution is 5.58. The fraction of sp³-hybridized carbons (Fsp3) is 0.625. The van der Waals surface area contributed by atoms with Gasteiger partial charge in [0.05, 0.1) is 0 Å². The summed E-state index contributed by atoms with van der Waals surface area (Å²) < 4.78 is 5.34. The second-order valence-electron chi connectivity index (χ2n) is 5.18. The van der Waals surface area contributed by atoms with E-state index in [2.05, 4.69) is 41.4 Å². The Hall–Kier alpha value is -1.06. The summed E-state index contributed by atoms with van der Waals surface area (Å²) in [5.41, 5.74) is 2.91. The van der Waals surface area contributed by atoms with Crippen LogP contribution in [-0.2, 0) is 11.2 Å². The van der Waals surface area contributed by atoms with E-state index in [4.69, 9.17) is 4.74 Å². The van der Waals surface area contributed by atoms with E-state index in [1.807, 2.05) is 6.92 Å². The van der Waals surface area contributed by atoms with Crippen molar-refractivity contribution in [1.29, 1.82) is 0 Å². The van der Waals surface area contributed by atoms with Crippen molar-refractivity contribution >= 4 is 5.69 Å². The molecule has 0 radical (unpaired) electrons. The van der Waals surface area contributed by atoms with Crippen LogP contribution in [0.1, 0.15) is 25.8 Å². The van der Waals surface area contributed by atoms with E-state index >= 15 is 0 Å². The van der Waals surface area contributed by atoms with Crippen molar-refractivity contribution in [3.63, 3.8) is 0 Å². The van der Waals surface area contributed by atoms with Crippen molar-refractivity contribution in [2.45, 2.75) is 32.7 Å². The topological polar surface area (TPSA) is 24.5 Å². The summed E-state index contributed by atoms with van der Waals surface area (Å²) in [6.45, 7) is 9.27. The first-order valence-corrected chi connectivity index (χ1v) is 7.46. The summed E-state index contributed by atoms with van der Waals surface area (Å²) in [6, 6.07) is 9.32. The number of benzene rings is 1. The summed E-state index contributed by atoms with van der Waals surface area (Å²) in [6.07, 6.45) is 2.28. The van der Waals surface area contributed by atoms with Gasteiger partial charge in [0.25, 0.3) is 0 Å². The number of hydrogen-bond donors (Lipinski definition) is 1. The SMILES string of the molecule is CCOCCCNCC(C)N1CCc2ccccc21. The Morgan fingerprint density at radius 1 is 1.37 bits per heavy atom. The predicted molar refractivity (Wildman–Crippen MR) is 80.9 cm³/mol. The Labute approximate surface area is 116 Å². The summed E-state index contributed by atoms with van der Waals surface area (Å²) in [4.78, 5) is 2.52. The minimum absolute atomic E-state index is 0.552. The average molecular weight is 262 g/mol. The van der Waals surface area contributed by atoms with E-state index in [1.165, 1.54) is 17.7 Å². The van der Waals surface area contributed by atoms with Gasteiger partial charge in [-0.3, -0.25) is 0 Å². The van der Waals surface area contributed by atoms with Crippen LogP contribution in [0.2, 0.25) is 0 Å². The highest BCUT2D eigenvalue weighted by Crippen LogP contribution is 2.28. The number of nitrogens with zero attached hydrogens (tertiary/aromatic N) is 1. The summed E-state index contributed by atoms with van der Waals surface area (Å²) >= 11 is 0. The number of hydrogen-bond acceptors (Lipinski definition) is 3. The van der Waals surface area contributed by atoms with Crippen LogP contribution >= 0.6 is 0 Å². The number of nitrogens with one attached hydrogen (secondary N) is 1.